The fourth-order valence-corrected chi connectivity index (χ4v) is 2.39. The standard InChI is InChI=1S/C17H22N4O5/c1-10-6-14(21(2)20-10)19-15(22)9-18-17(23)11-7-12(24-3)16(26-5)13(8-11)25-4/h6-8H,9H2,1-5H3,(H,18,23)(H,19,22). The van der Waals surface area contributed by atoms with Gasteiger partial charge in [-0.1, -0.05) is 0 Å². The zero-order valence-corrected chi connectivity index (χ0v) is 15.4. The lowest BCUT2D eigenvalue weighted by atomic mass is 10.1. The van der Waals surface area contributed by atoms with Crippen molar-refractivity contribution in [1.29, 1.82) is 0 Å². The number of amides is 2. The molecule has 2 amide bonds. The van der Waals surface area contributed by atoms with Gasteiger partial charge in [0.2, 0.25) is 11.7 Å². The predicted octanol–water partition coefficient (Wildman–Crippen LogP) is 1.12. The molecule has 1 aromatic carbocycles. The fourth-order valence-electron chi connectivity index (χ4n) is 2.39. The molecule has 0 aliphatic carbocycles. The van der Waals surface area contributed by atoms with E-state index in [0.717, 1.165) is 5.69 Å². The van der Waals surface area contributed by atoms with Gasteiger partial charge in [-0.2, -0.15) is 5.10 Å². The van der Waals surface area contributed by atoms with Crippen LogP contribution < -0.4 is 24.8 Å². The van der Waals surface area contributed by atoms with Crippen LogP contribution in [0.25, 0.3) is 0 Å². The molecule has 0 atom stereocenters. The van der Waals surface area contributed by atoms with Crippen LogP contribution in [0.2, 0.25) is 0 Å². The number of carbonyl (C=O) groups excluding carboxylic acids is 2. The van der Waals surface area contributed by atoms with Gasteiger partial charge in [0.1, 0.15) is 5.82 Å². The predicted molar refractivity (Wildman–Crippen MR) is 95.0 cm³/mol. The van der Waals surface area contributed by atoms with Crippen LogP contribution in [-0.2, 0) is 11.8 Å². The van der Waals surface area contributed by atoms with E-state index in [0.29, 0.717) is 23.1 Å². The zero-order chi connectivity index (χ0) is 19.3. The van der Waals surface area contributed by atoms with E-state index in [4.69, 9.17) is 14.2 Å². The highest BCUT2D eigenvalue weighted by Gasteiger charge is 2.17. The number of hydrogen-bond acceptors (Lipinski definition) is 6. The number of hydrogen-bond donors (Lipinski definition) is 2. The number of benzene rings is 1. The molecule has 0 fully saturated rings. The number of rotatable bonds is 7. The first-order chi connectivity index (χ1) is 12.4. The van der Waals surface area contributed by atoms with Crippen molar-refractivity contribution in [2.24, 2.45) is 7.05 Å². The van der Waals surface area contributed by atoms with Crippen LogP contribution in [0.3, 0.4) is 0 Å². The van der Waals surface area contributed by atoms with Crippen LogP contribution in [0.15, 0.2) is 18.2 Å². The average Bonchev–Trinajstić information content (AvgIpc) is 2.95. The molecule has 0 spiro atoms. The summed E-state index contributed by atoms with van der Waals surface area (Å²) in [7, 11) is 6.12. The Bertz CT molecular complexity index is 790. The third-order valence-corrected chi connectivity index (χ3v) is 3.61. The molecular weight excluding hydrogens is 340 g/mol. The molecule has 0 unspecified atom stereocenters. The Balaban J connectivity index is 2.05. The number of anilines is 1. The molecule has 9 nitrogen and oxygen atoms in total. The topological polar surface area (TPSA) is 104 Å². The Morgan fingerprint density at radius 2 is 1.69 bits per heavy atom. The summed E-state index contributed by atoms with van der Waals surface area (Å²) in [5.41, 5.74) is 1.06. The Labute approximate surface area is 151 Å². The van der Waals surface area contributed by atoms with Crippen molar-refractivity contribution >= 4 is 17.6 Å². The second-order valence-electron chi connectivity index (χ2n) is 5.44. The molecule has 0 saturated heterocycles. The molecule has 9 heteroatoms. The average molecular weight is 362 g/mol. The number of aromatic nitrogens is 2. The summed E-state index contributed by atoms with van der Waals surface area (Å²) in [6.07, 6.45) is 0. The summed E-state index contributed by atoms with van der Waals surface area (Å²) < 4.78 is 17.2. The zero-order valence-electron chi connectivity index (χ0n) is 15.4. The molecule has 0 aliphatic rings. The lowest BCUT2D eigenvalue weighted by molar-refractivity contribution is -0.115. The second kappa shape index (κ2) is 8.24. The Kier molecular flexibility index (Phi) is 6.05. The highest BCUT2D eigenvalue weighted by atomic mass is 16.5. The van der Waals surface area contributed by atoms with Crippen LogP contribution in [0.4, 0.5) is 5.82 Å². The summed E-state index contributed by atoms with van der Waals surface area (Å²) in [5.74, 6) is 0.832. The Morgan fingerprint density at radius 1 is 1.08 bits per heavy atom. The van der Waals surface area contributed by atoms with E-state index >= 15 is 0 Å². The molecule has 26 heavy (non-hydrogen) atoms. The third kappa shape index (κ3) is 4.24. The molecule has 2 N–H and O–H groups in total. The van der Waals surface area contributed by atoms with Gasteiger partial charge in [0.15, 0.2) is 11.5 Å². The number of ether oxygens (including phenoxy) is 3. The largest absolute Gasteiger partial charge is 0.493 e. The van der Waals surface area contributed by atoms with E-state index in [9.17, 15) is 9.59 Å². The van der Waals surface area contributed by atoms with Crippen molar-refractivity contribution in [2.45, 2.75) is 6.92 Å². The lowest BCUT2D eigenvalue weighted by Gasteiger charge is -2.14. The smallest absolute Gasteiger partial charge is 0.251 e. The van der Waals surface area contributed by atoms with Crippen molar-refractivity contribution in [3.05, 3.63) is 29.5 Å². The van der Waals surface area contributed by atoms with Gasteiger partial charge in [0.25, 0.3) is 5.91 Å². The van der Waals surface area contributed by atoms with Crippen LogP contribution in [0, 0.1) is 6.92 Å². The van der Waals surface area contributed by atoms with Crippen LogP contribution in [0.1, 0.15) is 16.1 Å². The minimum Gasteiger partial charge on any atom is -0.493 e. The minimum atomic E-state index is -0.444. The van der Waals surface area contributed by atoms with Crippen LogP contribution in [0.5, 0.6) is 17.2 Å². The summed E-state index contributed by atoms with van der Waals surface area (Å²) in [6, 6.07) is 4.76. The van der Waals surface area contributed by atoms with Crippen LogP contribution >= 0.6 is 0 Å². The van der Waals surface area contributed by atoms with Crippen molar-refractivity contribution in [2.75, 3.05) is 33.2 Å². The van der Waals surface area contributed by atoms with E-state index in [1.54, 1.807) is 17.8 Å². The minimum absolute atomic E-state index is 0.195. The number of aryl methyl sites for hydroxylation is 2. The van der Waals surface area contributed by atoms with Gasteiger partial charge in [-0.15, -0.1) is 0 Å². The van der Waals surface area contributed by atoms with E-state index in [-0.39, 0.29) is 18.0 Å². The van der Waals surface area contributed by atoms with E-state index in [2.05, 4.69) is 15.7 Å². The first kappa shape index (κ1) is 19.1. The maximum absolute atomic E-state index is 12.3. The first-order valence-corrected chi connectivity index (χ1v) is 7.78. The molecule has 2 aromatic rings. The SMILES string of the molecule is COc1cc(C(=O)NCC(=O)Nc2cc(C)nn2C)cc(OC)c1OC. The molecule has 0 saturated carbocycles. The molecule has 0 radical (unpaired) electrons. The summed E-state index contributed by atoms with van der Waals surface area (Å²) in [4.78, 5) is 24.4. The first-order valence-electron chi connectivity index (χ1n) is 7.78. The Morgan fingerprint density at radius 3 is 2.15 bits per heavy atom. The van der Waals surface area contributed by atoms with E-state index in [1.807, 2.05) is 6.92 Å². The van der Waals surface area contributed by atoms with Gasteiger partial charge in [-0.3, -0.25) is 14.3 Å². The van der Waals surface area contributed by atoms with Gasteiger partial charge in [0.05, 0.1) is 33.6 Å². The van der Waals surface area contributed by atoms with Crippen LogP contribution in [-0.4, -0.2) is 49.5 Å². The fraction of sp³-hybridized carbons (Fsp3) is 0.353. The molecule has 1 heterocycles. The van der Waals surface area contributed by atoms with Gasteiger partial charge >= 0.3 is 0 Å². The van der Waals surface area contributed by atoms with Gasteiger partial charge in [-0.05, 0) is 19.1 Å². The number of nitrogens with one attached hydrogen (secondary N) is 2. The number of carbonyl (C=O) groups is 2. The van der Waals surface area contributed by atoms with Crippen molar-refractivity contribution in [1.82, 2.24) is 15.1 Å². The summed E-state index contributed by atoms with van der Waals surface area (Å²) in [6.45, 7) is 1.63. The molecule has 2 rings (SSSR count). The molecule has 140 valence electrons. The van der Waals surface area contributed by atoms with Crippen molar-refractivity contribution < 1.29 is 23.8 Å². The summed E-state index contributed by atoms with van der Waals surface area (Å²) >= 11 is 0. The maximum Gasteiger partial charge on any atom is 0.251 e. The Hall–Kier alpha value is -3.23. The third-order valence-electron chi connectivity index (χ3n) is 3.61. The van der Waals surface area contributed by atoms with Gasteiger partial charge in [0, 0.05) is 18.7 Å². The molecular formula is C17H22N4O5. The highest BCUT2D eigenvalue weighted by Crippen LogP contribution is 2.38. The molecule has 0 bridgehead atoms. The monoisotopic (exact) mass is 362 g/mol. The van der Waals surface area contributed by atoms with Gasteiger partial charge < -0.3 is 24.8 Å². The summed E-state index contributed by atoms with van der Waals surface area (Å²) in [5, 5.41) is 9.37. The van der Waals surface area contributed by atoms with E-state index in [1.165, 1.54) is 33.5 Å². The normalized spacial score (nSPS) is 10.2. The quantitative estimate of drug-likeness (QED) is 0.765. The number of nitrogens with zero attached hydrogens (tertiary/aromatic N) is 2. The lowest BCUT2D eigenvalue weighted by Crippen LogP contribution is -2.33. The number of methoxy groups -OCH3 is 3. The maximum atomic E-state index is 12.3. The van der Waals surface area contributed by atoms with Crippen molar-refractivity contribution in [3.63, 3.8) is 0 Å². The second-order valence-corrected chi connectivity index (χ2v) is 5.44. The van der Waals surface area contributed by atoms with Crippen molar-refractivity contribution in [3.8, 4) is 17.2 Å². The highest BCUT2D eigenvalue weighted by molar-refractivity contribution is 5.99. The molecule has 0 aliphatic heterocycles. The van der Waals surface area contributed by atoms with Gasteiger partial charge in [-0.25, -0.2) is 0 Å². The molecule has 1 aromatic heterocycles. The van der Waals surface area contributed by atoms with E-state index < -0.39 is 5.91 Å².